The number of nitrogens with one attached hydrogen (secondary N) is 6. The zero-order chi connectivity index (χ0) is 38.2. The Bertz CT molecular complexity index is 1810. The topological polar surface area (TPSA) is 228 Å². The van der Waals surface area contributed by atoms with E-state index in [0.717, 1.165) is 16.5 Å². The van der Waals surface area contributed by atoms with E-state index >= 15 is 0 Å². The van der Waals surface area contributed by atoms with Gasteiger partial charge in [0.15, 0.2) is 0 Å². The first-order valence-corrected chi connectivity index (χ1v) is 18.1. The van der Waals surface area contributed by atoms with Crippen molar-refractivity contribution in [2.45, 2.75) is 103 Å². The summed E-state index contributed by atoms with van der Waals surface area (Å²) in [5.74, 6) is -2.99. The van der Waals surface area contributed by atoms with Crippen LogP contribution in [-0.4, -0.2) is 110 Å². The molecule has 2 aliphatic rings. The molecule has 0 aliphatic carbocycles. The number of rotatable bonds is 6. The summed E-state index contributed by atoms with van der Waals surface area (Å²) in [6, 6.07) is 2.14. The Labute approximate surface area is 307 Å². The number of fused-ring (bicyclic) bond motifs is 2. The molecule has 2 saturated heterocycles. The number of amides is 6. The summed E-state index contributed by atoms with van der Waals surface area (Å²) in [7, 11) is 0. The fourth-order valence-corrected chi connectivity index (χ4v) is 6.70. The standard InChI is InChI=1S/C37H49N9O7/c1-20(2)13-30-37(53)46-19-25(47)15-31(46)36(52)38-12-8-7-11-28(43-33(49)24-17-39-22(4)40-18-24)34(50)42-21(3)32(48)44-29(35(51)45-30)14-23-16-41-27-10-6-5-9-26(23)27/h5-6,9-10,16-18,20-21,25,28-31,41,47H,7-8,11-15,19H2,1-4H3,(H,38,52)(H,42,50)(H,43,49)(H,44,48)(H,45,51)/t21-,25-,28+,29+,30-,31+/m1/s1. The van der Waals surface area contributed by atoms with E-state index in [-0.39, 0.29) is 50.3 Å². The fourth-order valence-electron chi connectivity index (χ4n) is 6.70. The van der Waals surface area contributed by atoms with Crippen molar-refractivity contribution in [2.75, 3.05) is 13.1 Å². The molecular weight excluding hydrogens is 682 g/mol. The van der Waals surface area contributed by atoms with E-state index in [9.17, 15) is 33.9 Å². The van der Waals surface area contributed by atoms with E-state index in [1.165, 1.54) is 24.2 Å². The summed E-state index contributed by atoms with van der Waals surface area (Å²) in [5, 5.41) is 25.3. The minimum Gasteiger partial charge on any atom is -0.391 e. The molecule has 284 valence electrons. The molecule has 4 heterocycles. The van der Waals surface area contributed by atoms with Crippen LogP contribution in [0.4, 0.5) is 0 Å². The Morgan fingerprint density at radius 1 is 0.962 bits per heavy atom. The Kier molecular flexibility index (Phi) is 12.8. The molecule has 53 heavy (non-hydrogen) atoms. The maximum Gasteiger partial charge on any atom is 0.255 e. The molecule has 3 aromatic rings. The van der Waals surface area contributed by atoms with Gasteiger partial charge in [0, 0.05) is 55.4 Å². The molecule has 1 aromatic carbocycles. The van der Waals surface area contributed by atoms with Crippen LogP contribution in [-0.2, 0) is 30.4 Å². The van der Waals surface area contributed by atoms with Gasteiger partial charge in [-0.05, 0) is 57.1 Å². The highest BCUT2D eigenvalue weighted by molar-refractivity contribution is 5.99. The monoisotopic (exact) mass is 731 g/mol. The number of benzene rings is 1. The van der Waals surface area contributed by atoms with Crippen LogP contribution < -0.4 is 26.6 Å². The predicted molar refractivity (Wildman–Crippen MR) is 194 cm³/mol. The van der Waals surface area contributed by atoms with Gasteiger partial charge in [-0.2, -0.15) is 0 Å². The molecule has 6 atom stereocenters. The lowest BCUT2D eigenvalue weighted by atomic mass is 10.00. The molecule has 2 fully saturated rings. The molecule has 0 unspecified atom stereocenters. The largest absolute Gasteiger partial charge is 0.391 e. The average molecular weight is 732 g/mol. The highest BCUT2D eigenvalue weighted by Gasteiger charge is 2.42. The molecule has 0 radical (unpaired) electrons. The van der Waals surface area contributed by atoms with Gasteiger partial charge in [0.2, 0.25) is 29.5 Å². The van der Waals surface area contributed by atoms with Crippen molar-refractivity contribution in [1.29, 1.82) is 0 Å². The van der Waals surface area contributed by atoms with Crippen LogP contribution in [0.1, 0.15) is 74.6 Å². The molecule has 2 aromatic heterocycles. The van der Waals surface area contributed by atoms with Crippen LogP contribution in [0.2, 0.25) is 0 Å². The number of para-hydroxylation sites is 1. The van der Waals surface area contributed by atoms with Crippen molar-refractivity contribution < 1.29 is 33.9 Å². The molecule has 0 bridgehead atoms. The summed E-state index contributed by atoms with van der Waals surface area (Å²) in [5.41, 5.74) is 1.72. The van der Waals surface area contributed by atoms with E-state index in [2.05, 4.69) is 41.5 Å². The zero-order valence-corrected chi connectivity index (χ0v) is 30.5. The zero-order valence-electron chi connectivity index (χ0n) is 30.5. The molecular formula is C37H49N9O7. The number of aromatic amines is 1. The lowest BCUT2D eigenvalue weighted by Gasteiger charge is -2.30. The summed E-state index contributed by atoms with van der Waals surface area (Å²) in [4.78, 5) is 94.6. The lowest BCUT2D eigenvalue weighted by molar-refractivity contribution is -0.142. The van der Waals surface area contributed by atoms with Crippen LogP contribution >= 0.6 is 0 Å². The number of aromatic nitrogens is 3. The molecule has 2 aliphatic heterocycles. The Hall–Kier alpha value is -5.38. The molecule has 16 heteroatoms. The molecule has 7 N–H and O–H groups in total. The second-order valence-electron chi connectivity index (χ2n) is 14.3. The number of H-pyrrole nitrogens is 1. The first-order valence-electron chi connectivity index (χ1n) is 18.1. The second-order valence-corrected chi connectivity index (χ2v) is 14.3. The van der Waals surface area contributed by atoms with Crippen molar-refractivity contribution in [3.63, 3.8) is 0 Å². The molecule has 0 saturated carbocycles. The highest BCUT2D eigenvalue weighted by atomic mass is 16.3. The second kappa shape index (κ2) is 17.4. The minimum absolute atomic E-state index is 0.0328. The van der Waals surface area contributed by atoms with Crippen molar-refractivity contribution in [3.8, 4) is 0 Å². The summed E-state index contributed by atoms with van der Waals surface area (Å²) < 4.78 is 0. The van der Waals surface area contributed by atoms with Gasteiger partial charge < -0.3 is 41.6 Å². The normalized spacial score (nSPS) is 25.4. The number of hydrogen-bond donors (Lipinski definition) is 7. The van der Waals surface area contributed by atoms with E-state index < -0.39 is 71.8 Å². The molecule has 5 rings (SSSR count). The van der Waals surface area contributed by atoms with Crippen molar-refractivity contribution in [1.82, 2.24) is 46.4 Å². The third kappa shape index (κ3) is 9.94. The summed E-state index contributed by atoms with van der Waals surface area (Å²) >= 11 is 0. The maximum absolute atomic E-state index is 14.1. The Balaban J connectivity index is 1.44. The fraction of sp³-hybridized carbons (Fsp3) is 0.514. The van der Waals surface area contributed by atoms with Gasteiger partial charge in [-0.25, -0.2) is 9.97 Å². The predicted octanol–water partition coefficient (Wildman–Crippen LogP) is 0.390. The van der Waals surface area contributed by atoms with E-state index in [1.54, 1.807) is 13.1 Å². The SMILES string of the molecule is Cc1ncc(C(=O)N[C@H]2CCCCNC(=O)[C@@H]3C[C@@H](O)CN3C(=O)[C@@H](CC(C)C)NC(=O)[C@H](Cc3c[nH]c4ccccc34)NC(=O)[C@@H](C)NC2=O)cn1. The van der Waals surface area contributed by atoms with Gasteiger partial charge in [0.25, 0.3) is 5.91 Å². The lowest BCUT2D eigenvalue weighted by Crippen LogP contribution is -2.59. The number of carbonyl (C=O) groups excluding carboxylic acids is 6. The quantitative estimate of drug-likeness (QED) is 0.186. The third-order valence-corrected chi connectivity index (χ3v) is 9.55. The number of hydrogen-bond acceptors (Lipinski definition) is 9. The van der Waals surface area contributed by atoms with Gasteiger partial charge in [-0.15, -0.1) is 0 Å². The van der Waals surface area contributed by atoms with Gasteiger partial charge in [0.1, 0.15) is 36.0 Å². The van der Waals surface area contributed by atoms with Crippen LogP contribution in [0.15, 0.2) is 42.9 Å². The molecule has 6 amide bonds. The average Bonchev–Trinajstić information content (AvgIpc) is 3.72. The van der Waals surface area contributed by atoms with E-state index in [0.29, 0.717) is 18.7 Å². The van der Waals surface area contributed by atoms with Gasteiger partial charge >= 0.3 is 0 Å². The molecule has 0 spiro atoms. The van der Waals surface area contributed by atoms with Gasteiger partial charge in [0.05, 0.1) is 11.7 Å². The van der Waals surface area contributed by atoms with Gasteiger partial charge in [-0.3, -0.25) is 28.8 Å². The highest BCUT2D eigenvalue weighted by Crippen LogP contribution is 2.23. The first kappa shape index (κ1) is 38.8. The van der Waals surface area contributed by atoms with Crippen molar-refractivity contribution >= 4 is 46.3 Å². The van der Waals surface area contributed by atoms with E-state index in [1.807, 2.05) is 38.1 Å². The smallest absolute Gasteiger partial charge is 0.255 e. The molecule has 16 nitrogen and oxygen atoms in total. The third-order valence-electron chi connectivity index (χ3n) is 9.55. The summed E-state index contributed by atoms with van der Waals surface area (Å²) in [6.45, 7) is 7.09. The first-order chi connectivity index (χ1) is 25.3. The Morgan fingerprint density at radius 3 is 2.42 bits per heavy atom. The van der Waals surface area contributed by atoms with Crippen LogP contribution in [0.3, 0.4) is 0 Å². The number of carbonyl (C=O) groups is 6. The number of aliphatic hydroxyl groups is 1. The number of aryl methyl sites for hydroxylation is 1. The summed E-state index contributed by atoms with van der Waals surface area (Å²) in [6.07, 6.45) is 4.86. The number of nitrogens with zero attached hydrogens (tertiary/aromatic N) is 3. The van der Waals surface area contributed by atoms with Crippen molar-refractivity contribution in [2.24, 2.45) is 5.92 Å². The van der Waals surface area contributed by atoms with Gasteiger partial charge in [-0.1, -0.05) is 32.0 Å². The maximum atomic E-state index is 14.1. The van der Waals surface area contributed by atoms with Crippen molar-refractivity contribution in [3.05, 3.63) is 59.8 Å². The van der Waals surface area contributed by atoms with Crippen LogP contribution in [0.25, 0.3) is 10.9 Å². The minimum atomic E-state index is -1.18. The Morgan fingerprint density at radius 2 is 1.68 bits per heavy atom. The number of aliphatic hydroxyl groups excluding tert-OH is 1. The van der Waals surface area contributed by atoms with Crippen LogP contribution in [0.5, 0.6) is 0 Å². The van der Waals surface area contributed by atoms with E-state index in [4.69, 9.17) is 0 Å². The van der Waals surface area contributed by atoms with Crippen LogP contribution in [0, 0.1) is 12.8 Å².